The lowest BCUT2D eigenvalue weighted by molar-refractivity contribution is -0.124. The number of allylic oxidation sites excluding steroid dienone is 2. The Kier molecular flexibility index (Phi) is 2.38. The first kappa shape index (κ1) is 10.9. The molecule has 0 saturated heterocycles. The van der Waals surface area contributed by atoms with Crippen LogP contribution in [0.3, 0.4) is 0 Å². The molecule has 84 valence electrons. The second-order valence-electron chi connectivity index (χ2n) is 4.93. The summed E-state index contributed by atoms with van der Waals surface area (Å²) in [6.07, 6.45) is 0. The first-order valence-electron chi connectivity index (χ1n) is 5.45. The molecule has 2 heteroatoms. The molecule has 0 aromatic heterocycles. The summed E-state index contributed by atoms with van der Waals surface area (Å²) >= 11 is 0. The summed E-state index contributed by atoms with van der Waals surface area (Å²) in [6.45, 7) is 5.61. The summed E-state index contributed by atoms with van der Waals surface area (Å²) in [5.74, 6) is -0.223. The van der Waals surface area contributed by atoms with E-state index in [-0.39, 0.29) is 17.5 Å². The van der Waals surface area contributed by atoms with Gasteiger partial charge in [0, 0.05) is 11.3 Å². The van der Waals surface area contributed by atoms with Gasteiger partial charge in [0.05, 0.1) is 0 Å². The van der Waals surface area contributed by atoms with Gasteiger partial charge in [0.2, 0.25) is 5.78 Å². The number of hydrogen-bond donors (Lipinski definition) is 1. The molecule has 0 heterocycles. The summed E-state index contributed by atoms with van der Waals surface area (Å²) in [4.78, 5) is 11.9. The zero-order chi connectivity index (χ0) is 11.9. The number of carbonyl (C=O) groups is 1. The minimum absolute atomic E-state index is 0.0128. The van der Waals surface area contributed by atoms with Crippen molar-refractivity contribution in [2.75, 3.05) is 0 Å². The van der Waals surface area contributed by atoms with Crippen LogP contribution in [0, 0.1) is 5.41 Å². The topological polar surface area (TPSA) is 37.3 Å². The number of benzene rings is 1. The van der Waals surface area contributed by atoms with Crippen LogP contribution in [-0.2, 0) is 4.79 Å². The van der Waals surface area contributed by atoms with E-state index in [9.17, 15) is 9.90 Å². The molecular weight excluding hydrogens is 200 g/mol. The second kappa shape index (κ2) is 3.48. The zero-order valence-electron chi connectivity index (χ0n) is 9.82. The lowest BCUT2D eigenvalue weighted by atomic mass is 9.74. The summed E-state index contributed by atoms with van der Waals surface area (Å²) in [5.41, 5.74) is 1.32. The fourth-order valence-electron chi connectivity index (χ4n) is 2.61. The highest BCUT2D eigenvalue weighted by Gasteiger charge is 2.47. The number of hydrogen-bond acceptors (Lipinski definition) is 2. The molecule has 0 aliphatic heterocycles. The molecule has 1 aliphatic carbocycles. The normalized spacial score (nSPS) is 23.9. The molecule has 0 saturated carbocycles. The Hall–Kier alpha value is -1.57. The molecule has 16 heavy (non-hydrogen) atoms. The van der Waals surface area contributed by atoms with Gasteiger partial charge in [-0.05, 0) is 18.1 Å². The van der Waals surface area contributed by atoms with Crippen molar-refractivity contribution in [3.8, 4) is 0 Å². The van der Waals surface area contributed by atoms with Crippen molar-refractivity contribution in [3.05, 3.63) is 47.2 Å². The third-order valence-electron chi connectivity index (χ3n) is 3.46. The standard InChI is InChI=1S/C14H16O2/c1-9-11(10-7-5-4-6-8-10)14(2,3)13(16)12(9)15/h4-8,11,15H,1-3H3/t11-/m1/s1. The van der Waals surface area contributed by atoms with Gasteiger partial charge in [-0.3, -0.25) is 4.79 Å². The summed E-state index contributed by atoms with van der Waals surface area (Å²) < 4.78 is 0. The number of aliphatic hydroxyl groups excluding tert-OH is 1. The molecule has 2 rings (SSSR count). The Balaban J connectivity index is 2.54. The van der Waals surface area contributed by atoms with Crippen LogP contribution in [0.2, 0.25) is 0 Å². The van der Waals surface area contributed by atoms with E-state index in [2.05, 4.69) is 0 Å². The van der Waals surface area contributed by atoms with Crippen molar-refractivity contribution in [2.24, 2.45) is 5.41 Å². The van der Waals surface area contributed by atoms with E-state index in [0.717, 1.165) is 11.1 Å². The fourth-order valence-corrected chi connectivity index (χ4v) is 2.61. The smallest absolute Gasteiger partial charge is 0.203 e. The molecule has 0 spiro atoms. The predicted molar refractivity (Wildman–Crippen MR) is 63.3 cm³/mol. The molecular formula is C14H16O2. The van der Waals surface area contributed by atoms with Gasteiger partial charge >= 0.3 is 0 Å². The number of Topliss-reactive ketones (excluding diaryl/α,β-unsaturated/α-hetero) is 1. The van der Waals surface area contributed by atoms with E-state index >= 15 is 0 Å². The molecule has 0 bridgehead atoms. The van der Waals surface area contributed by atoms with Gasteiger partial charge in [0.15, 0.2) is 5.76 Å². The number of aliphatic hydroxyl groups is 1. The van der Waals surface area contributed by atoms with Crippen molar-refractivity contribution in [3.63, 3.8) is 0 Å². The maximum atomic E-state index is 11.9. The van der Waals surface area contributed by atoms with Gasteiger partial charge in [0.25, 0.3) is 0 Å². The van der Waals surface area contributed by atoms with Crippen molar-refractivity contribution in [1.82, 2.24) is 0 Å². The molecule has 2 nitrogen and oxygen atoms in total. The molecule has 1 aliphatic rings. The van der Waals surface area contributed by atoms with Gasteiger partial charge in [-0.2, -0.15) is 0 Å². The van der Waals surface area contributed by atoms with E-state index in [0.29, 0.717) is 0 Å². The lowest BCUT2D eigenvalue weighted by Crippen LogP contribution is -2.26. The van der Waals surface area contributed by atoms with Gasteiger partial charge in [0.1, 0.15) is 0 Å². The summed E-state index contributed by atoms with van der Waals surface area (Å²) in [5, 5.41) is 9.76. The maximum absolute atomic E-state index is 11.9. The number of carbonyl (C=O) groups excluding carboxylic acids is 1. The fraction of sp³-hybridized carbons (Fsp3) is 0.357. The van der Waals surface area contributed by atoms with Crippen LogP contribution in [0.1, 0.15) is 32.3 Å². The quantitative estimate of drug-likeness (QED) is 0.782. The predicted octanol–water partition coefficient (Wildman–Crippen LogP) is 3.21. The van der Waals surface area contributed by atoms with Crippen LogP contribution in [0.15, 0.2) is 41.7 Å². The van der Waals surface area contributed by atoms with E-state index in [4.69, 9.17) is 0 Å². The molecule has 0 unspecified atom stereocenters. The van der Waals surface area contributed by atoms with E-state index in [1.807, 2.05) is 51.1 Å². The lowest BCUT2D eigenvalue weighted by Gasteiger charge is -2.26. The Labute approximate surface area is 95.6 Å². The zero-order valence-corrected chi connectivity index (χ0v) is 9.82. The van der Waals surface area contributed by atoms with Crippen LogP contribution in [-0.4, -0.2) is 10.9 Å². The van der Waals surface area contributed by atoms with Crippen molar-refractivity contribution >= 4 is 5.78 Å². The van der Waals surface area contributed by atoms with E-state index in [1.165, 1.54) is 0 Å². The monoisotopic (exact) mass is 216 g/mol. The SMILES string of the molecule is CC1=C(O)C(=O)C(C)(C)[C@H]1c1ccccc1. The number of ketones is 1. The van der Waals surface area contributed by atoms with Crippen LogP contribution in [0.5, 0.6) is 0 Å². The largest absolute Gasteiger partial charge is 0.504 e. The Morgan fingerprint density at radius 1 is 1.19 bits per heavy atom. The highest BCUT2D eigenvalue weighted by molar-refractivity contribution is 6.02. The van der Waals surface area contributed by atoms with Crippen LogP contribution in [0.4, 0.5) is 0 Å². The molecule has 0 radical (unpaired) electrons. The summed E-state index contributed by atoms with van der Waals surface area (Å²) in [6, 6.07) is 9.87. The van der Waals surface area contributed by atoms with Gasteiger partial charge in [-0.25, -0.2) is 0 Å². The maximum Gasteiger partial charge on any atom is 0.203 e. The molecule has 0 amide bonds. The second-order valence-corrected chi connectivity index (χ2v) is 4.93. The first-order valence-corrected chi connectivity index (χ1v) is 5.45. The molecule has 1 N–H and O–H groups in total. The van der Waals surface area contributed by atoms with Gasteiger partial charge in [-0.15, -0.1) is 0 Å². The van der Waals surface area contributed by atoms with Crippen LogP contribution < -0.4 is 0 Å². The van der Waals surface area contributed by atoms with Crippen molar-refractivity contribution in [1.29, 1.82) is 0 Å². The minimum atomic E-state index is -0.546. The van der Waals surface area contributed by atoms with E-state index in [1.54, 1.807) is 0 Å². The average Bonchev–Trinajstić information content (AvgIpc) is 2.41. The molecule has 1 aromatic carbocycles. The summed E-state index contributed by atoms with van der Waals surface area (Å²) in [7, 11) is 0. The Morgan fingerprint density at radius 3 is 2.19 bits per heavy atom. The highest BCUT2D eigenvalue weighted by atomic mass is 16.3. The first-order chi connectivity index (χ1) is 7.46. The minimum Gasteiger partial charge on any atom is -0.504 e. The molecule has 0 fully saturated rings. The highest BCUT2D eigenvalue weighted by Crippen LogP contribution is 2.48. The molecule has 1 aromatic rings. The molecule has 1 atom stereocenters. The Bertz CT molecular complexity index is 455. The van der Waals surface area contributed by atoms with Crippen molar-refractivity contribution in [2.45, 2.75) is 26.7 Å². The third kappa shape index (κ3) is 1.37. The van der Waals surface area contributed by atoms with E-state index < -0.39 is 5.41 Å². The average molecular weight is 216 g/mol. The van der Waals surface area contributed by atoms with Crippen molar-refractivity contribution < 1.29 is 9.90 Å². The third-order valence-corrected chi connectivity index (χ3v) is 3.46. The van der Waals surface area contributed by atoms with Crippen LogP contribution >= 0.6 is 0 Å². The number of rotatable bonds is 1. The Morgan fingerprint density at radius 2 is 1.75 bits per heavy atom. The van der Waals surface area contributed by atoms with Gasteiger partial charge in [-0.1, -0.05) is 44.2 Å². The van der Waals surface area contributed by atoms with Crippen LogP contribution in [0.25, 0.3) is 0 Å². The van der Waals surface area contributed by atoms with Gasteiger partial charge < -0.3 is 5.11 Å².